The van der Waals surface area contributed by atoms with Gasteiger partial charge in [0.1, 0.15) is 16.4 Å². The largest absolute Gasteiger partial charge is 0.495 e. The van der Waals surface area contributed by atoms with Crippen molar-refractivity contribution in [3.8, 4) is 11.5 Å². The van der Waals surface area contributed by atoms with Gasteiger partial charge in [0.25, 0.3) is 5.91 Å². The van der Waals surface area contributed by atoms with Crippen molar-refractivity contribution in [3.63, 3.8) is 0 Å². The van der Waals surface area contributed by atoms with Crippen molar-refractivity contribution in [2.75, 3.05) is 24.9 Å². The van der Waals surface area contributed by atoms with Crippen LogP contribution in [0.4, 0.5) is 11.4 Å². The van der Waals surface area contributed by atoms with Crippen LogP contribution in [0, 0.1) is 0 Å². The van der Waals surface area contributed by atoms with E-state index in [9.17, 15) is 18.0 Å². The number of hydrogen-bond donors (Lipinski definition) is 3. The van der Waals surface area contributed by atoms with Crippen LogP contribution in [0.3, 0.4) is 0 Å². The molecule has 0 aliphatic rings. The van der Waals surface area contributed by atoms with Gasteiger partial charge < -0.3 is 20.1 Å². The van der Waals surface area contributed by atoms with Crippen molar-refractivity contribution in [1.82, 2.24) is 0 Å². The third kappa shape index (κ3) is 4.99. The fourth-order valence-corrected chi connectivity index (χ4v) is 3.09. The molecule has 2 amide bonds. The first-order chi connectivity index (χ1) is 13.2. The Hall–Kier alpha value is -3.11. The first-order valence-electron chi connectivity index (χ1n) is 8.19. The van der Waals surface area contributed by atoms with Crippen molar-refractivity contribution in [1.29, 1.82) is 0 Å². The van der Waals surface area contributed by atoms with E-state index in [0.717, 1.165) is 0 Å². The third-order valence-electron chi connectivity index (χ3n) is 3.78. The van der Waals surface area contributed by atoms with Gasteiger partial charge >= 0.3 is 0 Å². The minimum Gasteiger partial charge on any atom is -0.495 e. The van der Waals surface area contributed by atoms with Gasteiger partial charge in [0.15, 0.2) is 0 Å². The highest BCUT2D eigenvalue weighted by atomic mass is 32.2. The maximum absolute atomic E-state index is 12.6. The molecule has 0 fully saturated rings. The van der Waals surface area contributed by atoms with Gasteiger partial charge in [-0.3, -0.25) is 9.59 Å². The fraction of sp³-hybridized carbons (Fsp3) is 0.222. The number of nitrogens with one attached hydrogen (secondary N) is 2. The zero-order chi connectivity index (χ0) is 20.9. The Morgan fingerprint density at radius 3 is 2.21 bits per heavy atom. The predicted octanol–water partition coefficient (Wildman–Crippen LogP) is 1.95. The maximum Gasteiger partial charge on any atom is 0.255 e. The molecule has 0 aliphatic heterocycles. The molecule has 0 saturated carbocycles. The molecule has 0 aromatic heterocycles. The zero-order valence-corrected chi connectivity index (χ0v) is 16.4. The topological polar surface area (TPSA) is 137 Å². The second-order valence-electron chi connectivity index (χ2n) is 5.68. The van der Waals surface area contributed by atoms with Crippen molar-refractivity contribution < 1.29 is 27.5 Å². The molecular formula is C18H21N3O6S. The predicted molar refractivity (Wildman–Crippen MR) is 104 cm³/mol. The molecule has 0 radical (unpaired) electrons. The van der Waals surface area contributed by atoms with Crippen LogP contribution >= 0.6 is 0 Å². The lowest BCUT2D eigenvalue weighted by molar-refractivity contribution is -0.115. The zero-order valence-electron chi connectivity index (χ0n) is 15.6. The SMILES string of the molecule is CCC(=O)Nc1cc(C(=O)Nc2ccc(OC)c(S(N)(=O)=O)c2)ccc1OC. The van der Waals surface area contributed by atoms with Crippen LogP contribution in [0.5, 0.6) is 11.5 Å². The monoisotopic (exact) mass is 407 g/mol. The molecule has 10 heteroatoms. The van der Waals surface area contributed by atoms with Gasteiger partial charge in [-0.15, -0.1) is 0 Å². The highest BCUT2D eigenvalue weighted by Crippen LogP contribution is 2.28. The van der Waals surface area contributed by atoms with Crippen LogP contribution in [0.2, 0.25) is 0 Å². The molecule has 2 rings (SSSR count). The summed E-state index contributed by atoms with van der Waals surface area (Å²) in [6, 6.07) is 8.59. The molecule has 4 N–H and O–H groups in total. The number of amides is 2. The smallest absolute Gasteiger partial charge is 0.255 e. The second-order valence-corrected chi connectivity index (χ2v) is 7.21. The molecule has 2 aromatic carbocycles. The summed E-state index contributed by atoms with van der Waals surface area (Å²) in [5.74, 6) is -0.280. The summed E-state index contributed by atoms with van der Waals surface area (Å²) in [5, 5.41) is 10.4. The summed E-state index contributed by atoms with van der Waals surface area (Å²) < 4.78 is 33.6. The Kier molecular flexibility index (Phi) is 6.60. The molecule has 2 aromatic rings. The summed E-state index contributed by atoms with van der Waals surface area (Å²) in [4.78, 5) is 24.0. The summed E-state index contributed by atoms with van der Waals surface area (Å²) in [7, 11) is -1.28. The number of benzene rings is 2. The quantitative estimate of drug-likeness (QED) is 0.642. The normalized spacial score (nSPS) is 10.9. The van der Waals surface area contributed by atoms with E-state index in [4.69, 9.17) is 14.6 Å². The lowest BCUT2D eigenvalue weighted by atomic mass is 10.1. The number of carbonyl (C=O) groups is 2. The van der Waals surface area contributed by atoms with E-state index in [1.807, 2.05) is 0 Å². The van der Waals surface area contributed by atoms with Gasteiger partial charge in [-0.2, -0.15) is 0 Å². The molecule has 0 atom stereocenters. The Balaban J connectivity index is 2.32. The van der Waals surface area contributed by atoms with Gasteiger partial charge in [-0.1, -0.05) is 6.92 Å². The van der Waals surface area contributed by atoms with Crippen molar-refractivity contribution in [2.24, 2.45) is 5.14 Å². The van der Waals surface area contributed by atoms with Crippen LogP contribution in [0.1, 0.15) is 23.7 Å². The maximum atomic E-state index is 12.6. The van der Waals surface area contributed by atoms with E-state index in [1.54, 1.807) is 13.0 Å². The van der Waals surface area contributed by atoms with E-state index in [0.29, 0.717) is 11.4 Å². The molecule has 0 heterocycles. The number of methoxy groups -OCH3 is 2. The lowest BCUT2D eigenvalue weighted by Crippen LogP contribution is -2.16. The molecule has 0 saturated heterocycles. The average Bonchev–Trinajstić information content (AvgIpc) is 2.67. The summed E-state index contributed by atoms with van der Waals surface area (Å²) in [6.07, 6.45) is 0.266. The fourth-order valence-electron chi connectivity index (χ4n) is 2.37. The van der Waals surface area contributed by atoms with Crippen molar-refractivity contribution >= 4 is 33.2 Å². The number of ether oxygens (including phenoxy) is 2. The first kappa shape index (κ1) is 21.2. The van der Waals surface area contributed by atoms with E-state index in [2.05, 4.69) is 10.6 Å². The van der Waals surface area contributed by atoms with E-state index >= 15 is 0 Å². The number of primary sulfonamides is 1. The number of sulfonamides is 1. The minimum atomic E-state index is -4.04. The molecule has 28 heavy (non-hydrogen) atoms. The number of carbonyl (C=O) groups excluding carboxylic acids is 2. The number of hydrogen-bond acceptors (Lipinski definition) is 6. The van der Waals surface area contributed by atoms with Crippen LogP contribution in [0.15, 0.2) is 41.3 Å². The first-order valence-corrected chi connectivity index (χ1v) is 9.74. The van der Waals surface area contributed by atoms with E-state index in [-0.39, 0.29) is 34.2 Å². The van der Waals surface area contributed by atoms with Crippen LogP contribution in [-0.4, -0.2) is 34.5 Å². The minimum absolute atomic E-state index is 0.0644. The van der Waals surface area contributed by atoms with Crippen LogP contribution < -0.4 is 25.2 Å². The highest BCUT2D eigenvalue weighted by Gasteiger charge is 2.17. The summed E-state index contributed by atoms with van der Waals surface area (Å²) >= 11 is 0. The van der Waals surface area contributed by atoms with Crippen LogP contribution in [0.25, 0.3) is 0 Å². The Bertz CT molecular complexity index is 1000. The van der Waals surface area contributed by atoms with Gasteiger partial charge in [-0.25, -0.2) is 13.6 Å². The van der Waals surface area contributed by atoms with E-state index < -0.39 is 15.9 Å². The average molecular weight is 407 g/mol. The molecule has 9 nitrogen and oxygen atoms in total. The number of anilines is 2. The standard InChI is InChI=1S/C18H21N3O6S/c1-4-17(22)21-13-9-11(5-7-14(13)26-2)18(23)20-12-6-8-15(27-3)16(10-12)28(19,24)25/h5-10H,4H2,1-3H3,(H,20,23)(H,21,22)(H2,19,24,25). The Morgan fingerprint density at radius 1 is 1.00 bits per heavy atom. The second kappa shape index (κ2) is 8.72. The Labute approximate surface area is 162 Å². The van der Waals surface area contributed by atoms with Gasteiger partial charge in [0, 0.05) is 17.7 Å². The van der Waals surface area contributed by atoms with E-state index in [1.165, 1.54) is 44.6 Å². The van der Waals surface area contributed by atoms with Gasteiger partial charge in [0.2, 0.25) is 15.9 Å². The van der Waals surface area contributed by atoms with Gasteiger partial charge in [-0.05, 0) is 36.4 Å². The third-order valence-corrected chi connectivity index (χ3v) is 4.72. The van der Waals surface area contributed by atoms with Crippen LogP contribution in [-0.2, 0) is 14.8 Å². The number of nitrogens with two attached hydrogens (primary N) is 1. The molecule has 150 valence electrons. The molecule has 0 spiro atoms. The van der Waals surface area contributed by atoms with Gasteiger partial charge in [0.05, 0.1) is 19.9 Å². The highest BCUT2D eigenvalue weighted by molar-refractivity contribution is 7.89. The Morgan fingerprint density at radius 2 is 1.64 bits per heavy atom. The lowest BCUT2D eigenvalue weighted by Gasteiger charge is -2.13. The molecule has 0 bridgehead atoms. The summed E-state index contributed by atoms with van der Waals surface area (Å²) in [6.45, 7) is 1.70. The number of rotatable bonds is 7. The van der Waals surface area contributed by atoms with Crippen molar-refractivity contribution in [3.05, 3.63) is 42.0 Å². The molecule has 0 unspecified atom stereocenters. The molecule has 0 aliphatic carbocycles. The molecular weight excluding hydrogens is 386 g/mol. The van der Waals surface area contributed by atoms with Crippen molar-refractivity contribution in [2.45, 2.75) is 18.2 Å². The summed E-state index contributed by atoms with van der Waals surface area (Å²) in [5.41, 5.74) is 0.798.